The molecule has 1 aliphatic rings. The first-order valence-electron chi connectivity index (χ1n) is 8.03. The molecule has 1 atom stereocenters. The Morgan fingerprint density at radius 1 is 1.04 bits per heavy atom. The van der Waals surface area contributed by atoms with Gasteiger partial charge in [-0.2, -0.15) is 0 Å². The second kappa shape index (κ2) is 8.35. The van der Waals surface area contributed by atoms with E-state index in [1.165, 1.54) is 16.9 Å². The highest BCUT2D eigenvalue weighted by Crippen LogP contribution is 2.31. The number of carbonyl (C=O) groups excluding carboxylic acids is 2. The molecular formula is C17H22N4O2S2. The lowest BCUT2D eigenvalue weighted by Crippen LogP contribution is -2.51. The van der Waals surface area contributed by atoms with Gasteiger partial charge in [-0.3, -0.25) is 30.5 Å². The first-order chi connectivity index (χ1) is 11.8. The lowest BCUT2D eigenvalue weighted by atomic mass is 10.1. The highest BCUT2D eigenvalue weighted by atomic mass is 32.1. The van der Waals surface area contributed by atoms with E-state index < -0.39 is 17.7 Å². The number of rotatable bonds is 4. The summed E-state index contributed by atoms with van der Waals surface area (Å²) in [6.45, 7) is 1.54. The van der Waals surface area contributed by atoms with Gasteiger partial charge in [-0.25, -0.2) is 0 Å². The molecular weight excluding hydrogens is 356 g/mol. The summed E-state index contributed by atoms with van der Waals surface area (Å²) in [5.41, 5.74) is 6.11. The maximum absolute atomic E-state index is 12.3. The van der Waals surface area contributed by atoms with Crippen LogP contribution in [-0.4, -0.2) is 45.9 Å². The fourth-order valence-electron chi connectivity index (χ4n) is 2.13. The predicted molar refractivity (Wildman–Crippen MR) is 104 cm³/mol. The van der Waals surface area contributed by atoms with Crippen LogP contribution in [0.3, 0.4) is 0 Å². The van der Waals surface area contributed by atoms with Crippen LogP contribution in [0.25, 0.3) is 0 Å². The molecule has 8 heteroatoms. The molecule has 2 amide bonds. The van der Waals surface area contributed by atoms with Crippen molar-refractivity contribution in [1.82, 2.24) is 20.9 Å². The summed E-state index contributed by atoms with van der Waals surface area (Å²) < 4.78 is 0. The van der Waals surface area contributed by atoms with Crippen molar-refractivity contribution in [1.29, 1.82) is 0 Å². The predicted octanol–water partition coefficient (Wildman–Crippen LogP) is 1.66. The molecule has 0 radical (unpaired) electrons. The number of carbonyl (C=O) groups is 2. The number of amides is 2. The van der Waals surface area contributed by atoms with E-state index in [4.69, 9.17) is 24.4 Å². The molecule has 0 bridgehead atoms. The molecule has 0 aliphatic heterocycles. The van der Waals surface area contributed by atoms with Gasteiger partial charge in [0.2, 0.25) is 0 Å². The summed E-state index contributed by atoms with van der Waals surface area (Å²) in [5.74, 6) is -1.38. The van der Waals surface area contributed by atoms with Gasteiger partial charge in [0, 0.05) is 25.6 Å². The topological polar surface area (TPSA) is 64.7 Å². The van der Waals surface area contributed by atoms with E-state index in [9.17, 15) is 9.59 Å². The third kappa shape index (κ3) is 5.20. The maximum Gasteiger partial charge on any atom is 0.250 e. The third-order valence-electron chi connectivity index (χ3n) is 3.92. The summed E-state index contributed by atoms with van der Waals surface area (Å²) in [7, 11) is 3.34. The molecule has 0 saturated heterocycles. The van der Waals surface area contributed by atoms with Crippen LogP contribution < -0.4 is 10.9 Å². The van der Waals surface area contributed by atoms with Gasteiger partial charge >= 0.3 is 0 Å². The van der Waals surface area contributed by atoms with Gasteiger partial charge in [0.25, 0.3) is 11.8 Å². The molecule has 2 N–H and O–H groups in total. The molecule has 1 saturated carbocycles. The van der Waals surface area contributed by atoms with E-state index in [0.717, 1.165) is 18.4 Å². The summed E-state index contributed by atoms with van der Waals surface area (Å²) in [5, 5.41) is 2.97. The minimum absolute atomic E-state index is 0.360. The van der Waals surface area contributed by atoms with E-state index >= 15 is 0 Å². The van der Waals surface area contributed by atoms with E-state index in [1.807, 2.05) is 30.3 Å². The molecule has 134 valence electrons. The van der Waals surface area contributed by atoms with Crippen LogP contribution in [0.5, 0.6) is 0 Å². The Hall–Kier alpha value is -2.06. The molecule has 1 fully saturated rings. The van der Waals surface area contributed by atoms with Crippen molar-refractivity contribution in [2.24, 2.45) is 11.8 Å². The monoisotopic (exact) mass is 378 g/mol. The second-order valence-electron chi connectivity index (χ2n) is 6.08. The van der Waals surface area contributed by atoms with Crippen molar-refractivity contribution in [3.63, 3.8) is 0 Å². The SMILES string of the molecule is CC(C(=O)NN(C)C(=S)c1ccccc1)C(=O)NN(C)C(=S)C1CC1. The largest absolute Gasteiger partial charge is 0.282 e. The fourth-order valence-corrected chi connectivity index (χ4v) is 2.59. The maximum atomic E-state index is 12.3. The quantitative estimate of drug-likeness (QED) is 0.472. The van der Waals surface area contributed by atoms with Gasteiger partial charge in [0.15, 0.2) is 0 Å². The Balaban J connectivity index is 1.87. The number of nitrogens with one attached hydrogen (secondary N) is 2. The average Bonchev–Trinajstić information content (AvgIpc) is 3.45. The van der Waals surface area contributed by atoms with Crippen molar-refractivity contribution in [2.75, 3.05) is 14.1 Å². The van der Waals surface area contributed by atoms with Crippen LogP contribution in [0.15, 0.2) is 30.3 Å². The summed E-state index contributed by atoms with van der Waals surface area (Å²) in [6, 6.07) is 9.33. The zero-order chi connectivity index (χ0) is 18.6. The molecule has 1 unspecified atom stereocenters. The van der Waals surface area contributed by atoms with E-state index in [-0.39, 0.29) is 0 Å². The van der Waals surface area contributed by atoms with E-state index in [1.54, 1.807) is 14.1 Å². The van der Waals surface area contributed by atoms with Crippen LogP contribution in [0, 0.1) is 11.8 Å². The van der Waals surface area contributed by atoms with Gasteiger partial charge in [-0.15, -0.1) is 0 Å². The Labute approximate surface area is 158 Å². The number of benzene rings is 1. The number of thiocarbonyl (C=S) groups is 2. The number of hydrogen-bond acceptors (Lipinski definition) is 4. The smallest absolute Gasteiger partial charge is 0.250 e. The van der Waals surface area contributed by atoms with Gasteiger partial charge in [0.1, 0.15) is 10.9 Å². The van der Waals surface area contributed by atoms with Crippen LogP contribution in [0.4, 0.5) is 0 Å². The van der Waals surface area contributed by atoms with Crippen molar-refractivity contribution in [3.8, 4) is 0 Å². The van der Waals surface area contributed by atoms with Gasteiger partial charge in [-0.1, -0.05) is 54.8 Å². The molecule has 1 aliphatic carbocycles. The molecule has 1 aromatic carbocycles. The van der Waals surface area contributed by atoms with Crippen LogP contribution in [0.2, 0.25) is 0 Å². The molecule has 2 rings (SSSR count). The zero-order valence-corrected chi connectivity index (χ0v) is 16.1. The first kappa shape index (κ1) is 19.3. The minimum atomic E-state index is -0.884. The van der Waals surface area contributed by atoms with Crippen LogP contribution >= 0.6 is 24.4 Å². The molecule has 6 nitrogen and oxygen atoms in total. The van der Waals surface area contributed by atoms with Gasteiger partial charge < -0.3 is 0 Å². The van der Waals surface area contributed by atoms with Crippen molar-refractivity contribution in [2.45, 2.75) is 19.8 Å². The lowest BCUT2D eigenvalue weighted by Gasteiger charge is -2.25. The van der Waals surface area contributed by atoms with E-state index in [2.05, 4.69) is 10.9 Å². The molecule has 0 heterocycles. The van der Waals surface area contributed by atoms with Crippen LogP contribution in [0.1, 0.15) is 25.3 Å². The molecule has 25 heavy (non-hydrogen) atoms. The van der Waals surface area contributed by atoms with Gasteiger partial charge in [0.05, 0.1) is 4.99 Å². The molecule has 0 aromatic heterocycles. The van der Waals surface area contributed by atoms with Crippen molar-refractivity contribution >= 4 is 46.2 Å². The first-order valence-corrected chi connectivity index (χ1v) is 8.84. The number of hydrazine groups is 2. The number of nitrogens with zero attached hydrogens (tertiary/aromatic N) is 2. The Kier molecular flexibility index (Phi) is 6.44. The number of hydrogen-bond donors (Lipinski definition) is 2. The van der Waals surface area contributed by atoms with Gasteiger partial charge in [-0.05, 0) is 19.8 Å². The Morgan fingerprint density at radius 3 is 2.08 bits per heavy atom. The average molecular weight is 379 g/mol. The van der Waals surface area contributed by atoms with Crippen molar-refractivity contribution < 1.29 is 9.59 Å². The Morgan fingerprint density at radius 2 is 1.56 bits per heavy atom. The normalized spacial score (nSPS) is 14.2. The molecule has 1 aromatic rings. The third-order valence-corrected chi connectivity index (χ3v) is 5.04. The second-order valence-corrected chi connectivity index (χ2v) is 6.88. The zero-order valence-electron chi connectivity index (χ0n) is 14.5. The van der Waals surface area contributed by atoms with Crippen molar-refractivity contribution in [3.05, 3.63) is 35.9 Å². The standard InChI is InChI=1S/C17H22N4O2S2/c1-11(15(23)19-21(3)17(25)13-9-10-13)14(22)18-20(2)16(24)12-7-5-4-6-8-12/h4-8,11,13H,9-10H2,1-3H3,(H,18,22)(H,19,23). The lowest BCUT2D eigenvalue weighted by molar-refractivity contribution is -0.137. The Bertz CT molecular complexity index is 676. The summed E-state index contributed by atoms with van der Waals surface area (Å²) >= 11 is 10.6. The summed E-state index contributed by atoms with van der Waals surface area (Å²) in [4.78, 5) is 25.7. The van der Waals surface area contributed by atoms with E-state index in [0.29, 0.717) is 15.9 Å². The van der Waals surface area contributed by atoms with Crippen LogP contribution in [-0.2, 0) is 9.59 Å². The highest BCUT2D eigenvalue weighted by Gasteiger charge is 2.30. The minimum Gasteiger partial charge on any atom is -0.282 e. The summed E-state index contributed by atoms with van der Waals surface area (Å²) in [6.07, 6.45) is 2.10. The molecule has 0 spiro atoms. The fraction of sp³-hybridized carbons (Fsp3) is 0.412. The highest BCUT2D eigenvalue weighted by molar-refractivity contribution is 7.80.